The number of imide groups is 1. The van der Waals surface area contributed by atoms with Gasteiger partial charge in [-0.1, -0.05) is 98.1 Å². The third kappa shape index (κ3) is 7.09. The van der Waals surface area contributed by atoms with Crippen LogP contribution in [0.3, 0.4) is 0 Å². The number of benzene rings is 4. The van der Waals surface area contributed by atoms with Gasteiger partial charge in [0, 0.05) is 18.5 Å². The Morgan fingerprint density at radius 1 is 0.660 bits per heavy atom. The number of aliphatic hydroxyl groups is 1. The fraction of sp³-hybridized carbons (Fsp3) is 0.350. The van der Waals surface area contributed by atoms with Crippen LogP contribution in [0.25, 0.3) is 11.1 Å². The third-order valence-electron chi connectivity index (χ3n) is 9.69. The Labute approximate surface area is 276 Å². The predicted molar refractivity (Wildman–Crippen MR) is 180 cm³/mol. The summed E-state index contributed by atoms with van der Waals surface area (Å²) >= 11 is 0. The molecule has 0 saturated carbocycles. The van der Waals surface area contributed by atoms with Crippen LogP contribution in [-0.4, -0.2) is 52.5 Å². The summed E-state index contributed by atoms with van der Waals surface area (Å²) in [6.45, 7) is 3.36. The van der Waals surface area contributed by atoms with E-state index in [2.05, 4.69) is 41.3 Å². The number of rotatable bonds is 8. The van der Waals surface area contributed by atoms with Gasteiger partial charge in [-0.15, -0.1) is 0 Å². The number of amides is 2. The lowest BCUT2D eigenvalue weighted by Gasteiger charge is -2.38. The standard InChI is InChI=1S/C40H42N2O5/c43-27-28-13-15-31(16-14-28)37-24-34(26-41-21-6-2-1-3-7-22-41)46-40(47-37)32-19-17-30(18-20-32)33-10-8-9-29(23-33)25-42-38(44)35-11-4-5-12-36(35)39(42)45/h4-5,8-20,23,34,37,40,43H,1-3,6-7,21-22,24-27H2/t34-,37+,40+/m1/s1. The Morgan fingerprint density at radius 3 is 2.00 bits per heavy atom. The highest BCUT2D eigenvalue weighted by molar-refractivity contribution is 6.21. The van der Waals surface area contributed by atoms with E-state index in [4.69, 9.17) is 9.47 Å². The summed E-state index contributed by atoms with van der Waals surface area (Å²) < 4.78 is 13.3. The average Bonchev–Trinajstić information content (AvgIpc) is 3.34. The first-order valence-corrected chi connectivity index (χ1v) is 16.9. The summed E-state index contributed by atoms with van der Waals surface area (Å²) in [6, 6.07) is 31.3. The molecule has 1 N–H and O–H groups in total. The van der Waals surface area contributed by atoms with Crippen LogP contribution in [0.5, 0.6) is 0 Å². The van der Waals surface area contributed by atoms with Gasteiger partial charge in [0.2, 0.25) is 0 Å². The summed E-state index contributed by atoms with van der Waals surface area (Å²) in [5.41, 5.74) is 6.80. The summed E-state index contributed by atoms with van der Waals surface area (Å²) in [5, 5.41) is 9.55. The zero-order valence-corrected chi connectivity index (χ0v) is 26.7. The number of aliphatic hydroxyl groups excluding tert-OH is 1. The maximum Gasteiger partial charge on any atom is 0.261 e. The van der Waals surface area contributed by atoms with Crippen LogP contribution >= 0.6 is 0 Å². The molecule has 0 aromatic heterocycles. The Balaban J connectivity index is 1.08. The predicted octanol–water partition coefficient (Wildman–Crippen LogP) is 7.45. The van der Waals surface area contributed by atoms with E-state index in [1.54, 1.807) is 24.3 Å². The molecule has 0 bridgehead atoms. The molecule has 0 spiro atoms. The molecule has 4 aromatic rings. The van der Waals surface area contributed by atoms with E-state index in [9.17, 15) is 14.7 Å². The van der Waals surface area contributed by atoms with Crippen LogP contribution < -0.4 is 0 Å². The van der Waals surface area contributed by atoms with E-state index >= 15 is 0 Å². The molecule has 47 heavy (non-hydrogen) atoms. The van der Waals surface area contributed by atoms with E-state index in [1.807, 2.05) is 36.4 Å². The van der Waals surface area contributed by atoms with Crippen LogP contribution in [-0.2, 0) is 22.6 Å². The topological polar surface area (TPSA) is 79.3 Å². The van der Waals surface area contributed by atoms with Crippen molar-refractivity contribution in [2.45, 2.75) is 70.2 Å². The lowest BCUT2D eigenvalue weighted by atomic mass is 9.98. The summed E-state index contributed by atoms with van der Waals surface area (Å²) in [7, 11) is 0. The van der Waals surface area contributed by atoms with Crippen molar-refractivity contribution in [3.05, 3.63) is 130 Å². The summed E-state index contributed by atoms with van der Waals surface area (Å²) in [6.07, 6.45) is 6.61. The molecule has 3 heterocycles. The van der Waals surface area contributed by atoms with Crippen molar-refractivity contribution in [1.29, 1.82) is 0 Å². The van der Waals surface area contributed by atoms with Gasteiger partial charge in [-0.3, -0.25) is 14.5 Å². The summed E-state index contributed by atoms with van der Waals surface area (Å²) in [4.78, 5) is 29.7. The first kappa shape index (κ1) is 31.5. The minimum absolute atomic E-state index is 0.0210. The Bertz CT molecular complexity index is 1660. The maximum absolute atomic E-state index is 12.9. The average molecular weight is 631 g/mol. The zero-order chi connectivity index (χ0) is 32.2. The fourth-order valence-electron chi connectivity index (χ4n) is 7.06. The molecular weight excluding hydrogens is 588 g/mol. The quantitative estimate of drug-likeness (QED) is 0.204. The van der Waals surface area contributed by atoms with Gasteiger partial charge in [-0.2, -0.15) is 0 Å². The molecule has 2 fully saturated rings. The van der Waals surface area contributed by atoms with Crippen LogP contribution in [0, 0.1) is 0 Å². The summed E-state index contributed by atoms with van der Waals surface area (Å²) in [5.74, 6) is -0.500. The van der Waals surface area contributed by atoms with Gasteiger partial charge >= 0.3 is 0 Å². The van der Waals surface area contributed by atoms with Crippen molar-refractivity contribution in [1.82, 2.24) is 9.80 Å². The second-order valence-corrected chi connectivity index (χ2v) is 13.0. The maximum atomic E-state index is 12.9. The molecule has 3 atom stereocenters. The van der Waals surface area contributed by atoms with E-state index in [1.165, 1.54) is 37.0 Å². The Hall–Kier alpha value is -4.14. The van der Waals surface area contributed by atoms with Crippen LogP contribution in [0.15, 0.2) is 97.1 Å². The number of nitrogens with zero attached hydrogens (tertiary/aromatic N) is 2. The van der Waals surface area contributed by atoms with Crippen LogP contribution in [0.4, 0.5) is 0 Å². The van der Waals surface area contributed by atoms with Gasteiger partial charge in [0.25, 0.3) is 11.8 Å². The zero-order valence-electron chi connectivity index (χ0n) is 26.7. The fourth-order valence-corrected chi connectivity index (χ4v) is 7.06. The molecular formula is C40H42N2O5. The highest BCUT2D eigenvalue weighted by Gasteiger charge is 2.35. The third-order valence-corrected chi connectivity index (χ3v) is 9.69. The smallest absolute Gasteiger partial charge is 0.261 e. The molecule has 4 aromatic carbocycles. The number of likely N-dealkylation sites (tertiary alicyclic amines) is 1. The number of hydrogen-bond donors (Lipinski definition) is 1. The highest BCUT2D eigenvalue weighted by Crippen LogP contribution is 2.39. The highest BCUT2D eigenvalue weighted by atomic mass is 16.7. The van der Waals surface area contributed by atoms with Crippen LogP contribution in [0.1, 0.15) is 93.9 Å². The molecule has 7 rings (SSSR count). The number of hydrogen-bond acceptors (Lipinski definition) is 6. The number of ether oxygens (including phenoxy) is 2. The minimum Gasteiger partial charge on any atom is -0.392 e. The van der Waals surface area contributed by atoms with Gasteiger partial charge in [-0.05, 0) is 71.9 Å². The van der Waals surface area contributed by atoms with Crippen LogP contribution in [0.2, 0.25) is 0 Å². The molecule has 2 saturated heterocycles. The molecule has 7 nitrogen and oxygen atoms in total. The number of carbonyl (C=O) groups is 2. The normalized spacial score (nSPS) is 22.1. The number of carbonyl (C=O) groups excluding carboxylic acids is 2. The second kappa shape index (κ2) is 14.3. The molecule has 3 aliphatic rings. The Morgan fingerprint density at radius 2 is 1.32 bits per heavy atom. The van der Waals surface area contributed by atoms with Gasteiger partial charge in [0.1, 0.15) is 0 Å². The van der Waals surface area contributed by atoms with Crippen molar-refractivity contribution in [3.63, 3.8) is 0 Å². The molecule has 0 aliphatic carbocycles. The molecule has 0 radical (unpaired) electrons. The van der Waals surface area contributed by atoms with Crippen molar-refractivity contribution >= 4 is 11.8 Å². The molecule has 7 heteroatoms. The largest absolute Gasteiger partial charge is 0.392 e. The molecule has 2 amide bonds. The monoisotopic (exact) mass is 630 g/mol. The first-order valence-electron chi connectivity index (χ1n) is 16.9. The van der Waals surface area contributed by atoms with E-state index in [0.29, 0.717) is 11.1 Å². The lowest BCUT2D eigenvalue weighted by Crippen LogP contribution is -2.40. The molecule has 3 aliphatic heterocycles. The SMILES string of the molecule is O=C1c2ccccc2C(=O)N1Cc1cccc(-c2ccc([C@H]3O[C@@H](CN4CCCCCCC4)C[C@@H](c4ccc(CO)cc4)O3)cc2)c1. The van der Waals surface area contributed by atoms with E-state index < -0.39 is 6.29 Å². The Kier molecular flexibility index (Phi) is 9.58. The minimum atomic E-state index is -0.500. The second-order valence-electron chi connectivity index (χ2n) is 13.0. The van der Waals surface area contributed by atoms with E-state index in [0.717, 1.165) is 59.4 Å². The van der Waals surface area contributed by atoms with Gasteiger partial charge in [0.15, 0.2) is 6.29 Å². The van der Waals surface area contributed by atoms with Crippen molar-refractivity contribution in [2.75, 3.05) is 19.6 Å². The molecule has 0 unspecified atom stereocenters. The van der Waals surface area contributed by atoms with Crippen molar-refractivity contribution in [2.24, 2.45) is 0 Å². The van der Waals surface area contributed by atoms with E-state index in [-0.39, 0.29) is 37.2 Å². The van der Waals surface area contributed by atoms with Crippen molar-refractivity contribution in [3.8, 4) is 11.1 Å². The van der Waals surface area contributed by atoms with Gasteiger partial charge in [-0.25, -0.2) is 0 Å². The van der Waals surface area contributed by atoms with Crippen molar-refractivity contribution < 1.29 is 24.2 Å². The molecule has 242 valence electrons. The van der Waals surface area contributed by atoms with Gasteiger partial charge in [0.05, 0.1) is 36.5 Å². The first-order chi connectivity index (χ1) is 23.1. The van der Waals surface area contributed by atoms with Gasteiger partial charge < -0.3 is 19.5 Å². The lowest BCUT2D eigenvalue weighted by molar-refractivity contribution is -0.253. The number of fused-ring (bicyclic) bond motifs is 1.